The summed E-state index contributed by atoms with van der Waals surface area (Å²) in [4.78, 5) is 11.8. The summed E-state index contributed by atoms with van der Waals surface area (Å²) in [7, 11) is -3.53. The molecule has 2 rings (SSSR count). The van der Waals surface area contributed by atoms with E-state index in [1.54, 1.807) is 6.92 Å². The first-order valence-electron chi connectivity index (χ1n) is 5.41. The maximum atomic E-state index is 12.3. The second-order valence-corrected chi connectivity index (χ2v) is 7.34. The van der Waals surface area contributed by atoms with Crippen LogP contribution in [0.1, 0.15) is 15.2 Å². The molecule has 8 heteroatoms. The minimum Gasteiger partial charge on any atom is -0.379 e. The number of hydrogen-bond donors (Lipinski definition) is 1. The number of carbonyl (C=O) groups is 1. The highest BCUT2D eigenvalue weighted by Crippen LogP contribution is 2.28. The number of rotatable bonds is 3. The van der Waals surface area contributed by atoms with Crippen molar-refractivity contribution in [1.29, 1.82) is 0 Å². The maximum absolute atomic E-state index is 12.3. The number of nitrogens with zero attached hydrogens (tertiary/aromatic N) is 1. The van der Waals surface area contributed by atoms with Crippen LogP contribution in [-0.4, -0.2) is 44.9 Å². The molecule has 1 aromatic heterocycles. The lowest BCUT2D eigenvalue weighted by atomic mass is 10.3. The average molecular weight is 290 g/mol. The number of thiophene rings is 1. The smallest absolute Gasteiger partial charge is 0.252 e. The molecule has 100 valence electrons. The minimum atomic E-state index is -3.53. The molecule has 18 heavy (non-hydrogen) atoms. The normalized spacial score (nSPS) is 17.8. The molecule has 0 aliphatic carbocycles. The van der Waals surface area contributed by atoms with E-state index in [-0.39, 0.29) is 9.77 Å². The summed E-state index contributed by atoms with van der Waals surface area (Å²) < 4.78 is 31.3. The number of amides is 1. The number of aryl methyl sites for hydroxylation is 1. The zero-order chi connectivity index (χ0) is 13.3. The van der Waals surface area contributed by atoms with Crippen molar-refractivity contribution < 1.29 is 17.9 Å². The number of sulfonamides is 1. The van der Waals surface area contributed by atoms with E-state index in [0.29, 0.717) is 31.2 Å². The zero-order valence-electron chi connectivity index (χ0n) is 9.88. The molecule has 2 heterocycles. The van der Waals surface area contributed by atoms with Gasteiger partial charge in [0.2, 0.25) is 5.91 Å². The van der Waals surface area contributed by atoms with Crippen molar-refractivity contribution in [1.82, 2.24) is 4.31 Å². The number of carbonyl (C=O) groups excluding carboxylic acids is 1. The first-order valence-corrected chi connectivity index (χ1v) is 7.66. The summed E-state index contributed by atoms with van der Waals surface area (Å²) in [5.41, 5.74) is 5.46. The third-order valence-electron chi connectivity index (χ3n) is 2.72. The van der Waals surface area contributed by atoms with Crippen LogP contribution in [-0.2, 0) is 14.8 Å². The number of ether oxygens (including phenoxy) is 1. The molecule has 0 spiro atoms. The van der Waals surface area contributed by atoms with Crippen molar-refractivity contribution in [2.45, 2.75) is 11.1 Å². The van der Waals surface area contributed by atoms with Crippen LogP contribution >= 0.6 is 11.3 Å². The molecule has 6 nitrogen and oxygen atoms in total. The van der Waals surface area contributed by atoms with Gasteiger partial charge in [0.15, 0.2) is 0 Å². The Bertz CT molecular complexity index is 558. The molecule has 1 aliphatic heterocycles. The summed E-state index contributed by atoms with van der Waals surface area (Å²) in [6.45, 7) is 3.15. The standard InChI is InChI=1S/C10H14N2O4S2/c1-7-8(10(11)13)6-9(17-7)18(14,15)12-2-4-16-5-3-12/h6H,2-5H2,1H3,(H2,11,13). The van der Waals surface area contributed by atoms with Crippen LogP contribution in [0.25, 0.3) is 0 Å². The number of primary amides is 1. The SMILES string of the molecule is Cc1sc(S(=O)(=O)N2CCOCC2)cc1C(N)=O. The Morgan fingerprint density at radius 1 is 1.44 bits per heavy atom. The van der Waals surface area contributed by atoms with Crippen LogP contribution in [0.15, 0.2) is 10.3 Å². The maximum Gasteiger partial charge on any atom is 0.252 e. The quantitative estimate of drug-likeness (QED) is 0.859. The van der Waals surface area contributed by atoms with Crippen molar-refractivity contribution in [2.24, 2.45) is 5.73 Å². The topological polar surface area (TPSA) is 89.7 Å². The Labute approximate surface area is 109 Å². The van der Waals surface area contributed by atoms with Gasteiger partial charge in [-0.15, -0.1) is 11.3 Å². The Balaban J connectivity index is 2.35. The average Bonchev–Trinajstić information content (AvgIpc) is 2.73. The molecule has 0 saturated carbocycles. The predicted octanol–water partition coefficient (Wildman–Crippen LogP) is 0.176. The third-order valence-corrected chi connectivity index (χ3v) is 6.12. The summed E-state index contributed by atoms with van der Waals surface area (Å²) in [6, 6.07) is 1.35. The van der Waals surface area contributed by atoms with E-state index >= 15 is 0 Å². The largest absolute Gasteiger partial charge is 0.379 e. The van der Waals surface area contributed by atoms with Gasteiger partial charge >= 0.3 is 0 Å². The number of morpholine rings is 1. The van der Waals surface area contributed by atoms with Crippen molar-refractivity contribution in [3.8, 4) is 0 Å². The lowest BCUT2D eigenvalue weighted by molar-refractivity contribution is 0.0731. The number of nitrogens with two attached hydrogens (primary N) is 1. The van der Waals surface area contributed by atoms with E-state index in [2.05, 4.69) is 0 Å². The lowest BCUT2D eigenvalue weighted by Crippen LogP contribution is -2.40. The van der Waals surface area contributed by atoms with Gasteiger partial charge in [0.25, 0.3) is 10.0 Å². The van der Waals surface area contributed by atoms with Crippen LogP contribution in [0.4, 0.5) is 0 Å². The second-order valence-electron chi connectivity index (χ2n) is 3.92. The fraction of sp³-hybridized carbons (Fsp3) is 0.500. The number of hydrogen-bond acceptors (Lipinski definition) is 5. The Kier molecular flexibility index (Phi) is 3.71. The van der Waals surface area contributed by atoms with Gasteiger partial charge in [-0.05, 0) is 13.0 Å². The van der Waals surface area contributed by atoms with E-state index in [9.17, 15) is 13.2 Å². The van der Waals surface area contributed by atoms with Gasteiger partial charge in [-0.2, -0.15) is 4.31 Å². The van der Waals surface area contributed by atoms with Crippen molar-refractivity contribution in [2.75, 3.05) is 26.3 Å². The molecule has 1 aliphatic rings. The summed E-state index contributed by atoms with van der Waals surface area (Å²) in [5.74, 6) is -0.604. The molecule has 0 atom stereocenters. The van der Waals surface area contributed by atoms with E-state index in [0.717, 1.165) is 11.3 Å². The van der Waals surface area contributed by atoms with Gasteiger partial charge in [0.05, 0.1) is 18.8 Å². The van der Waals surface area contributed by atoms with Gasteiger partial charge in [-0.1, -0.05) is 0 Å². The molecular weight excluding hydrogens is 276 g/mol. The van der Waals surface area contributed by atoms with E-state index in [1.807, 2.05) is 0 Å². The highest BCUT2D eigenvalue weighted by Gasteiger charge is 2.29. The monoisotopic (exact) mass is 290 g/mol. The highest BCUT2D eigenvalue weighted by molar-refractivity contribution is 7.91. The predicted molar refractivity (Wildman–Crippen MR) is 67.2 cm³/mol. The zero-order valence-corrected chi connectivity index (χ0v) is 11.5. The molecule has 1 amide bonds. The minimum absolute atomic E-state index is 0.163. The van der Waals surface area contributed by atoms with Crippen LogP contribution in [0.5, 0.6) is 0 Å². The first kappa shape index (κ1) is 13.5. The van der Waals surface area contributed by atoms with Gasteiger partial charge in [-0.25, -0.2) is 8.42 Å². The molecule has 1 fully saturated rings. The Morgan fingerprint density at radius 2 is 2.06 bits per heavy atom. The molecule has 0 unspecified atom stereocenters. The summed E-state index contributed by atoms with van der Waals surface area (Å²) in [5, 5.41) is 0. The first-order chi connectivity index (χ1) is 8.43. The van der Waals surface area contributed by atoms with Crippen LogP contribution in [0.2, 0.25) is 0 Å². The molecule has 0 bridgehead atoms. The summed E-state index contributed by atoms with van der Waals surface area (Å²) in [6.07, 6.45) is 0. The molecule has 1 saturated heterocycles. The molecule has 2 N–H and O–H groups in total. The van der Waals surface area contributed by atoms with Crippen molar-refractivity contribution in [3.05, 3.63) is 16.5 Å². The van der Waals surface area contributed by atoms with Crippen molar-refractivity contribution in [3.63, 3.8) is 0 Å². The lowest BCUT2D eigenvalue weighted by Gasteiger charge is -2.25. The molecule has 0 aromatic carbocycles. The molecule has 0 radical (unpaired) electrons. The Morgan fingerprint density at radius 3 is 2.56 bits per heavy atom. The van der Waals surface area contributed by atoms with E-state index in [1.165, 1.54) is 10.4 Å². The van der Waals surface area contributed by atoms with Gasteiger partial charge < -0.3 is 10.5 Å². The van der Waals surface area contributed by atoms with Gasteiger partial charge in [0, 0.05) is 18.0 Å². The van der Waals surface area contributed by atoms with Crippen LogP contribution in [0.3, 0.4) is 0 Å². The fourth-order valence-electron chi connectivity index (χ4n) is 1.74. The van der Waals surface area contributed by atoms with Gasteiger partial charge in [-0.3, -0.25) is 4.79 Å². The molecular formula is C10H14N2O4S2. The Hall–Kier alpha value is -0.960. The van der Waals surface area contributed by atoms with Gasteiger partial charge in [0.1, 0.15) is 4.21 Å². The molecule has 1 aromatic rings. The highest BCUT2D eigenvalue weighted by atomic mass is 32.2. The van der Waals surface area contributed by atoms with Crippen LogP contribution < -0.4 is 5.73 Å². The van der Waals surface area contributed by atoms with Crippen LogP contribution in [0, 0.1) is 6.92 Å². The van der Waals surface area contributed by atoms with E-state index < -0.39 is 15.9 Å². The third kappa shape index (κ3) is 2.41. The van der Waals surface area contributed by atoms with Crippen molar-refractivity contribution >= 4 is 27.3 Å². The summed E-state index contributed by atoms with van der Waals surface area (Å²) >= 11 is 1.07. The fourth-order valence-corrected chi connectivity index (χ4v) is 4.75. The van der Waals surface area contributed by atoms with E-state index in [4.69, 9.17) is 10.5 Å². The second kappa shape index (κ2) is 4.96.